The molecule has 0 aliphatic heterocycles. The van der Waals surface area contributed by atoms with Crippen molar-refractivity contribution in [3.8, 4) is 0 Å². The Kier molecular flexibility index (Phi) is 4.22. The molecule has 1 saturated carbocycles. The molecule has 0 bridgehead atoms. The second kappa shape index (κ2) is 5.67. The van der Waals surface area contributed by atoms with Crippen LogP contribution in [0.25, 0.3) is 0 Å². The molecule has 0 saturated heterocycles. The Morgan fingerprint density at radius 2 is 1.88 bits per heavy atom. The topological polar surface area (TPSA) is 29.5 Å². The van der Waals surface area contributed by atoms with Crippen LogP contribution in [0.15, 0.2) is 24.3 Å². The molecule has 1 N–H and O–H groups in total. The third-order valence-electron chi connectivity index (χ3n) is 3.08. The van der Waals surface area contributed by atoms with E-state index >= 15 is 0 Å². The van der Waals surface area contributed by atoms with Crippen molar-refractivity contribution in [3.63, 3.8) is 0 Å². The smallest absolute Gasteiger partial charge is 0.0735 e. The minimum Gasteiger partial charge on any atom is -0.393 e. The van der Waals surface area contributed by atoms with Gasteiger partial charge in [0, 0.05) is 5.02 Å². The molecule has 0 unspecified atom stereocenters. The maximum Gasteiger partial charge on any atom is 0.0735 e. The SMILES string of the molecule is OC1CCC(OCc2ccccc2Cl)CC1. The number of halogens is 1. The molecule has 1 aliphatic rings. The van der Waals surface area contributed by atoms with Gasteiger partial charge < -0.3 is 9.84 Å². The number of benzene rings is 1. The van der Waals surface area contributed by atoms with Crippen molar-refractivity contribution < 1.29 is 9.84 Å². The van der Waals surface area contributed by atoms with E-state index in [0.717, 1.165) is 36.3 Å². The van der Waals surface area contributed by atoms with Crippen LogP contribution in [0, 0.1) is 0 Å². The zero-order valence-corrected chi connectivity index (χ0v) is 9.99. The summed E-state index contributed by atoms with van der Waals surface area (Å²) in [7, 11) is 0. The van der Waals surface area contributed by atoms with Gasteiger partial charge in [-0.1, -0.05) is 29.8 Å². The van der Waals surface area contributed by atoms with Crippen LogP contribution in [0.2, 0.25) is 5.02 Å². The van der Waals surface area contributed by atoms with E-state index in [1.165, 1.54) is 0 Å². The van der Waals surface area contributed by atoms with Crippen LogP contribution >= 0.6 is 11.6 Å². The first-order valence-corrected chi connectivity index (χ1v) is 6.16. The fraction of sp³-hybridized carbons (Fsp3) is 0.538. The number of hydrogen-bond acceptors (Lipinski definition) is 2. The molecule has 0 atom stereocenters. The molecule has 2 rings (SSSR count). The van der Waals surface area contributed by atoms with E-state index in [9.17, 15) is 5.11 Å². The van der Waals surface area contributed by atoms with Crippen molar-refractivity contribution >= 4 is 11.6 Å². The van der Waals surface area contributed by atoms with Crippen molar-refractivity contribution in [2.45, 2.75) is 44.5 Å². The van der Waals surface area contributed by atoms with Crippen LogP contribution in [-0.4, -0.2) is 17.3 Å². The average Bonchev–Trinajstić information content (AvgIpc) is 2.30. The van der Waals surface area contributed by atoms with Crippen molar-refractivity contribution in [2.75, 3.05) is 0 Å². The zero-order chi connectivity index (χ0) is 11.4. The molecule has 1 aliphatic carbocycles. The second-order valence-electron chi connectivity index (χ2n) is 4.33. The van der Waals surface area contributed by atoms with Gasteiger partial charge in [-0.2, -0.15) is 0 Å². The van der Waals surface area contributed by atoms with Gasteiger partial charge in [-0.25, -0.2) is 0 Å². The van der Waals surface area contributed by atoms with Crippen LogP contribution in [0.3, 0.4) is 0 Å². The van der Waals surface area contributed by atoms with Gasteiger partial charge in [-0.15, -0.1) is 0 Å². The Hall–Kier alpha value is -0.570. The Morgan fingerprint density at radius 3 is 2.56 bits per heavy atom. The van der Waals surface area contributed by atoms with Crippen LogP contribution in [0.1, 0.15) is 31.2 Å². The third kappa shape index (κ3) is 3.21. The number of aliphatic hydroxyl groups excluding tert-OH is 1. The highest BCUT2D eigenvalue weighted by molar-refractivity contribution is 6.31. The molecule has 0 radical (unpaired) electrons. The molecule has 1 fully saturated rings. The summed E-state index contributed by atoms with van der Waals surface area (Å²) in [6, 6.07) is 7.75. The van der Waals surface area contributed by atoms with Crippen LogP contribution < -0.4 is 0 Å². The zero-order valence-electron chi connectivity index (χ0n) is 9.23. The number of ether oxygens (including phenoxy) is 1. The molecule has 0 aromatic heterocycles. The molecule has 0 amide bonds. The van der Waals surface area contributed by atoms with Gasteiger partial charge >= 0.3 is 0 Å². The Balaban J connectivity index is 1.81. The Bertz CT molecular complexity index is 332. The molecule has 1 aromatic rings. The van der Waals surface area contributed by atoms with Gasteiger partial charge in [-0.05, 0) is 37.3 Å². The highest BCUT2D eigenvalue weighted by Gasteiger charge is 2.19. The van der Waals surface area contributed by atoms with Crippen LogP contribution in [0.5, 0.6) is 0 Å². The predicted molar refractivity (Wildman–Crippen MR) is 64.5 cm³/mol. The number of aliphatic hydroxyl groups is 1. The molecule has 88 valence electrons. The van der Waals surface area contributed by atoms with E-state index in [1.54, 1.807) is 0 Å². The van der Waals surface area contributed by atoms with Gasteiger partial charge in [0.05, 0.1) is 18.8 Å². The molecule has 16 heavy (non-hydrogen) atoms. The summed E-state index contributed by atoms with van der Waals surface area (Å²) in [5.74, 6) is 0. The summed E-state index contributed by atoms with van der Waals surface area (Å²) in [6.45, 7) is 0.570. The summed E-state index contributed by atoms with van der Waals surface area (Å²) in [4.78, 5) is 0. The fourth-order valence-electron chi connectivity index (χ4n) is 2.03. The largest absolute Gasteiger partial charge is 0.393 e. The van der Waals surface area contributed by atoms with E-state index < -0.39 is 0 Å². The van der Waals surface area contributed by atoms with Crippen molar-refractivity contribution in [2.24, 2.45) is 0 Å². The Labute approximate surface area is 101 Å². The molecule has 2 nitrogen and oxygen atoms in total. The summed E-state index contributed by atoms with van der Waals surface area (Å²) < 4.78 is 5.80. The van der Waals surface area contributed by atoms with Gasteiger partial charge in [0.15, 0.2) is 0 Å². The third-order valence-corrected chi connectivity index (χ3v) is 3.44. The quantitative estimate of drug-likeness (QED) is 0.880. The predicted octanol–water partition coefficient (Wildman–Crippen LogP) is 3.16. The maximum absolute atomic E-state index is 9.38. The van der Waals surface area contributed by atoms with Gasteiger partial charge in [-0.3, -0.25) is 0 Å². The van der Waals surface area contributed by atoms with E-state index in [4.69, 9.17) is 16.3 Å². The molecule has 3 heteroatoms. The van der Waals surface area contributed by atoms with E-state index in [-0.39, 0.29) is 12.2 Å². The second-order valence-corrected chi connectivity index (χ2v) is 4.74. The van der Waals surface area contributed by atoms with Crippen molar-refractivity contribution in [1.29, 1.82) is 0 Å². The molecular weight excluding hydrogens is 224 g/mol. The molecule has 0 spiro atoms. The summed E-state index contributed by atoms with van der Waals surface area (Å²) in [5, 5.41) is 10.1. The van der Waals surface area contributed by atoms with E-state index in [0.29, 0.717) is 6.61 Å². The average molecular weight is 241 g/mol. The van der Waals surface area contributed by atoms with Gasteiger partial charge in [0.1, 0.15) is 0 Å². The van der Waals surface area contributed by atoms with E-state index in [2.05, 4.69) is 0 Å². The fourth-order valence-corrected chi connectivity index (χ4v) is 2.23. The first-order chi connectivity index (χ1) is 7.75. The van der Waals surface area contributed by atoms with E-state index in [1.807, 2.05) is 24.3 Å². The first-order valence-electron chi connectivity index (χ1n) is 5.79. The lowest BCUT2D eigenvalue weighted by Gasteiger charge is -2.25. The maximum atomic E-state index is 9.38. The minimum absolute atomic E-state index is 0.125. The summed E-state index contributed by atoms with van der Waals surface area (Å²) >= 11 is 6.05. The van der Waals surface area contributed by atoms with Crippen molar-refractivity contribution in [1.82, 2.24) is 0 Å². The number of hydrogen-bond donors (Lipinski definition) is 1. The highest BCUT2D eigenvalue weighted by atomic mass is 35.5. The lowest BCUT2D eigenvalue weighted by atomic mass is 9.95. The normalized spacial score (nSPS) is 25.6. The minimum atomic E-state index is -0.125. The monoisotopic (exact) mass is 240 g/mol. The van der Waals surface area contributed by atoms with Gasteiger partial charge in [0.2, 0.25) is 0 Å². The molecular formula is C13H17ClO2. The summed E-state index contributed by atoms with van der Waals surface area (Å²) in [5.41, 5.74) is 1.04. The van der Waals surface area contributed by atoms with Gasteiger partial charge in [0.25, 0.3) is 0 Å². The standard InChI is InChI=1S/C13H17ClO2/c14-13-4-2-1-3-10(13)9-16-12-7-5-11(15)6-8-12/h1-4,11-12,15H,5-9H2. The molecule has 1 aromatic carbocycles. The lowest BCUT2D eigenvalue weighted by Crippen LogP contribution is -2.24. The lowest BCUT2D eigenvalue weighted by molar-refractivity contribution is -0.0118. The number of rotatable bonds is 3. The highest BCUT2D eigenvalue weighted by Crippen LogP contribution is 2.23. The summed E-state index contributed by atoms with van der Waals surface area (Å²) in [6.07, 6.45) is 3.76. The van der Waals surface area contributed by atoms with Crippen molar-refractivity contribution in [3.05, 3.63) is 34.9 Å². The Morgan fingerprint density at radius 1 is 1.19 bits per heavy atom. The van der Waals surface area contributed by atoms with Crippen LogP contribution in [-0.2, 0) is 11.3 Å². The first kappa shape index (κ1) is 11.9. The van der Waals surface area contributed by atoms with Crippen LogP contribution in [0.4, 0.5) is 0 Å². The molecule has 0 heterocycles.